The molecule has 0 bridgehead atoms. The van der Waals surface area contributed by atoms with Gasteiger partial charge in [-0.25, -0.2) is 23.4 Å². The minimum atomic E-state index is -4.26. The second-order valence-electron chi connectivity index (χ2n) is 9.48. The first-order valence-electron chi connectivity index (χ1n) is 12.2. The number of aryl methyl sites for hydroxylation is 1. The van der Waals surface area contributed by atoms with Gasteiger partial charge in [-0.1, -0.05) is 0 Å². The predicted molar refractivity (Wildman–Crippen MR) is 139 cm³/mol. The van der Waals surface area contributed by atoms with Gasteiger partial charge in [-0.05, 0) is 38.8 Å². The van der Waals surface area contributed by atoms with E-state index in [2.05, 4.69) is 35.8 Å². The van der Waals surface area contributed by atoms with Crippen LogP contribution in [0.1, 0.15) is 33.1 Å². The van der Waals surface area contributed by atoms with Gasteiger partial charge in [-0.2, -0.15) is 27.5 Å². The molecule has 0 radical (unpaired) electrons. The average molecular weight is 562 g/mol. The van der Waals surface area contributed by atoms with E-state index in [-0.39, 0.29) is 12.6 Å². The molecular formula is C24H26F3N9O2S. The van der Waals surface area contributed by atoms with Gasteiger partial charge in [0.2, 0.25) is 0 Å². The molecule has 11 nitrogen and oxygen atoms in total. The number of hydrogen-bond donors (Lipinski definition) is 2. The van der Waals surface area contributed by atoms with E-state index in [0.717, 1.165) is 4.09 Å². The Morgan fingerprint density at radius 1 is 1.13 bits per heavy atom. The zero-order chi connectivity index (χ0) is 27.8. The van der Waals surface area contributed by atoms with Crippen molar-refractivity contribution >= 4 is 27.3 Å². The summed E-state index contributed by atoms with van der Waals surface area (Å²) in [4.78, 5) is 13.1. The highest BCUT2D eigenvalue weighted by Crippen LogP contribution is 2.31. The SMILES string of the molecule is CC(C)Nc1cc(Nc2ccnc(-c3cnn(S(=O)(=O)C4CC4)c3)n2)ncc1-c1ccn(CCC(F)(F)F)n1. The third-order valence-electron chi connectivity index (χ3n) is 5.83. The van der Waals surface area contributed by atoms with Crippen molar-refractivity contribution in [3.05, 3.63) is 49.2 Å². The van der Waals surface area contributed by atoms with E-state index in [1.807, 2.05) is 13.8 Å². The molecule has 15 heteroatoms. The number of nitrogens with one attached hydrogen (secondary N) is 2. The average Bonchev–Trinajstić information content (AvgIpc) is 3.42. The van der Waals surface area contributed by atoms with E-state index < -0.39 is 27.9 Å². The van der Waals surface area contributed by atoms with Crippen molar-refractivity contribution in [3.63, 3.8) is 0 Å². The van der Waals surface area contributed by atoms with Crippen LogP contribution >= 0.6 is 0 Å². The molecule has 5 rings (SSSR count). The van der Waals surface area contributed by atoms with Gasteiger partial charge in [0.15, 0.2) is 5.82 Å². The number of pyridine rings is 1. The zero-order valence-electron chi connectivity index (χ0n) is 21.1. The Bertz CT molecular complexity index is 1580. The summed E-state index contributed by atoms with van der Waals surface area (Å²) in [7, 11) is -3.50. The molecule has 39 heavy (non-hydrogen) atoms. The highest BCUT2D eigenvalue weighted by molar-refractivity contribution is 7.90. The van der Waals surface area contributed by atoms with Crippen molar-refractivity contribution in [2.24, 2.45) is 0 Å². The van der Waals surface area contributed by atoms with Gasteiger partial charge in [-0.15, -0.1) is 0 Å². The first-order chi connectivity index (χ1) is 18.5. The quantitative estimate of drug-likeness (QED) is 0.288. The van der Waals surface area contributed by atoms with E-state index in [4.69, 9.17) is 0 Å². The van der Waals surface area contributed by atoms with Crippen LogP contribution in [0.25, 0.3) is 22.6 Å². The van der Waals surface area contributed by atoms with Gasteiger partial charge in [0, 0.05) is 48.5 Å². The van der Waals surface area contributed by atoms with Gasteiger partial charge >= 0.3 is 6.18 Å². The number of anilines is 3. The van der Waals surface area contributed by atoms with Crippen LogP contribution in [0.4, 0.5) is 30.5 Å². The van der Waals surface area contributed by atoms with Crippen molar-refractivity contribution in [2.75, 3.05) is 10.6 Å². The monoisotopic (exact) mass is 561 g/mol. The molecule has 2 N–H and O–H groups in total. The molecule has 0 unspecified atom stereocenters. The van der Waals surface area contributed by atoms with Crippen LogP contribution in [0.2, 0.25) is 0 Å². The molecule has 206 valence electrons. The van der Waals surface area contributed by atoms with Gasteiger partial charge in [0.25, 0.3) is 10.0 Å². The van der Waals surface area contributed by atoms with Crippen molar-refractivity contribution in [2.45, 2.75) is 57.1 Å². The predicted octanol–water partition coefficient (Wildman–Crippen LogP) is 4.46. The maximum Gasteiger partial charge on any atom is 0.390 e. The maximum absolute atomic E-state index is 12.6. The standard InChI is InChI=1S/C24H26F3N9O2S/c1-15(2)31-20-11-22(29-13-18(20)19-6-9-35(34-19)10-7-24(25,26)27)32-21-5-8-28-23(33-21)16-12-30-36(14-16)39(37,38)17-3-4-17/h5-6,8-9,11-15,17H,3-4,7,10H2,1-2H3,(H2,28,29,31,32,33). The van der Waals surface area contributed by atoms with Crippen LogP contribution in [0.3, 0.4) is 0 Å². The minimum Gasteiger partial charge on any atom is -0.382 e. The molecule has 1 aliphatic carbocycles. The fourth-order valence-corrected chi connectivity index (χ4v) is 5.28. The molecule has 0 saturated heterocycles. The molecule has 1 aliphatic rings. The van der Waals surface area contributed by atoms with E-state index >= 15 is 0 Å². The summed E-state index contributed by atoms with van der Waals surface area (Å²) in [5, 5.41) is 14.3. The van der Waals surface area contributed by atoms with E-state index in [9.17, 15) is 21.6 Å². The highest BCUT2D eigenvalue weighted by atomic mass is 32.2. The highest BCUT2D eigenvalue weighted by Gasteiger charge is 2.37. The second kappa shape index (κ2) is 10.3. The van der Waals surface area contributed by atoms with Crippen LogP contribution in [-0.2, 0) is 16.6 Å². The van der Waals surface area contributed by atoms with Crippen LogP contribution in [0, 0.1) is 0 Å². The first-order valence-corrected chi connectivity index (χ1v) is 13.7. The Morgan fingerprint density at radius 2 is 1.92 bits per heavy atom. The van der Waals surface area contributed by atoms with Crippen LogP contribution in [0.5, 0.6) is 0 Å². The van der Waals surface area contributed by atoms with Crippen LogP contribution < -0.4 is 10.6 Å². The van der Waals surface area contributed by atoms with Crippen molar-refractivity contribution in [3.8, 4) is 22.6 Å². The fraction of sp³-hybridized carbons (Fsp3) is 0.375. The van der Waals surface area contributed by atoms with Crippen molar-refractivity contribution in [1.29, 1.82) is 0 Å². The number of rotatable bonds is 10. The molecule has 0 spiro atoms. The lowest BCUT2D eigenvalue weighted by atomic mass is 10.1. The molecule has 0 amide bonds. The van der Waals surface area contributed by atoms with Crippen molar-refractivity contribution < 1.29 is 21.6 Å². The molecule has 0 aromatic carbocycles. The summed E-state index contributed by atoms with van der Waals surface area (Å²) in [5.41, 5.74) is 2.26. The molecule has 4 aromatic heterocycles. The summed E-state index contributed by atoms with van der Waals surface area (Å²) < 4.78 is 64.9. The Hall–Kier alpha value is -4.01. The van der Waals surface area contributed by atoms with Crippen LogP contribution in [-0.4, -0.2) is 59.8 Å². The smallest absolute Gasteiger partial charge is 0.382 e. The molecule has 0 atom stereocenters. The first kappa shape index (κ1) is 26.6. The Morgan fingerprint density at radius 3 is 2.64 bits per heavy atom. The lowest BCUT2D eigenvalue weighted by Gasteiger charge is -2.15. The van der Waals surface area contributed by atoms with Crippen molar-refractivity contribution in [1.82, 2.24) is 33.9 Å². The van der Waals surface area contributed by atoms with Gasteiger partial charge in [-0.3, -0.25) is 4.68 Å². The summed E-state index contributed by atoms with van der Waals surface area (Å²) >= 11 is 0. The summed E-state index contributed by atoms with van der Waals surface area (Å²) in [5.74, 6) is 1.17. The van der Waals surface area contributed by atoms with Crippen LogP contribution in [0.15, 0.2) is 49.2 Å². The molecule has 1 fully saturated rings. The van der Waals surface area contributed by atoms with Gasteiger partial charge in [0.05, 0.1) is 35.3 Å². The third kappa shape index (κ3) is 6.35. The second-order valence-corrected chi connectivity index (χ2v) is 11.6. The minimum absolute atomic E-state index is 0.0559. The number of aromatic nitrogens is 7. The zero-order valence-corrected chi connectivity index (χ0v) is 21.9. The number of hydrogen-bond acceptors (Lipinski definition) is 9. The lowest BCUT2D eigenvalue weighted by Crippen LogP contribution is -2.17. The summed E-state index contributed by atoms with van der Waals surface area (Å²) in [6.45, 7) is 3.64. The Balaban J connectivity index is 1.36. The third-order valence-corrected chi connectivity index (χ3v) is 7.86. The summed E-state index contributed by atoms with van der Waals surface area (Å²) in [6.07, 6.45) is 3.46. The number of halogens is 3. The largest absolute Gasteiger partial charge is 0.390 e. The van der Waals surface area contributed by atoms with E-state index in [1.165, 1.54) is 29.5 Å². The maximum atomic E-state index is 12.6. The summed E-state index contributed by atoms with van der Waals surface area (Å²) in [6, 6.07) is 5.10. The molecule has 0 aliphatic heterocycles. The van der Waals surface area contributed by atoms with Gasteiger partial charge in [0.1, 0.15) is 11.6 Å². The fourth-order valence-electron chi connectivity index (χ4n) is 3.81. The topological polar surface area (TPSA) is 133 Å². The van der Waals surface area contributed by atoms with E-state index in [0.29, 0.717) is 52.8 Å². The lowest BCUT2D eigenvalue weighted by molar-refractivity contribution is -0.137. The normalized spacial score (nSPS) is 14.1. The molecule has 1 saturated carbocycles. The Labute approximate surface area is 222 Å². The molecular weight excluding hydrogens is 535 g/mol. The number of nitrogens with zero attached hydrogens (tertiary/aromatic N) is 7. The number of alkyl halides is 3. The van der Waals surface area contributed by atoms with Gasteiger partial charge < -0.3 is 10.6 Å². The molecule has 4 heterocycles. The Kier molecular flexibility index (Phi) is 7.01. The molecule has 4 aromatic rings. The van der Waals surface area contributed by atoms with E-state index in [1.54, 1.807) is 24.4 Å².